The second-order valence-corrected chi connectivity index (χ2v) is 5.87. The summed E-state index contributed by atoms with van der Waals surface area (Å²) in [6.45, 7) is 6.64. The van der Waals surface area contributed by atoms with Gasteiger partial charge in [-0.25, -0.2) is 9.97 Å². The fourth-order valence-corrected chi connectivity index (χ4v) is 2.37. The van der Waals surface area contributed by atoms with Crippen molar-refractivity contribution >= 4 is 11.8 Å². The van der Waals surface area contributed by atoms with E-state index in [1.54, 1.807) is 18.9 Å². The normalized spacial score (nSPS) is 21.8. The summed E-state index contributed by atoms with van der Waals surface area (Å²) in [7, 11) is 1.55. The molecule has 1 aliphatic heterocycles. The van der Waals surface area contributed by atoms with Crippen molar-refractivity contribution in [3.05, 3.63) is 23.8 Å². The summed E-state index contributed by atoms with van der Waals surface area (Å²) in [6.07, 6.45) is 3.08. The highest BCUT2D eigenvalue weighted by Crippen LogP contribution is 2.19. The largest absolute Gasteiger partial charge is 0.362 e. The molecule has 1 aromatic rings. The first kappa shape index (κ1) is 16.4. The fraction of sp³-hybridized carbons (Fsp3) is 0.600. The second kappa shape index (κ2) is 6.39. The van der Waals surface area contributed by atoms with Crippen molar-refractivity contribution in [2.75, 3.05) is 26.7 Å². The van der Waals surface area contributed by atoms with Crippen LogP contribution in [0.5, 0.6) is 0 Å². The molecule has 0 saturated carbocycles. The van der Waals surface area contributed by atoms with Crippen LogP contribution in [0.2, 0.25) is 0 Å². The molecule has 1 saturated heterocycles. The number of rotatable bonds is 3. The molecule has 1 N–H and O–H groups in total. The van der Waals surface area contributed by atoms with E-state index in [1.165, 1.54) is 12.4 Å². The van der Waals surface area contributed by atoms with E-state index >= 15 is 0 Å². The third-order valence-corrected chi connectivity index (χ3v) is 3.70. The number of hydrogen-bond donors (Lipinski definition) is 1. The molecule has 7 nitrogen and oxygen atoms in total. The van der Waals surface area contributed by atoms with Crippen molar-refractivity contribution < 1.29 is 14.3 Å². The van der Waals surface area contributed by atoms with Gasteiger partial charge in [-0.2, -0.15) is 0 Å². The lowest BCUT2D eigenvalue weighted by Crippen LogP contribution is -2.58. The smallest absolute Gasteiger partial charge is 0.257 e. The van der Waals surface area contributed by atoms with Crippen LogP contribution in [0.25, 0.3) is 0 Å². The number of carbonyl (C=O) groups is 2. The molecule has 0 spiro atoms. The number of aromatic nitrogens is 2. The highest BCUT2D eigenvalue weighted by atomic mass is 16.5. The van der Waals surface area contributed by atoms with Gasteiger partial charge in [0.1, 0.15) is 5.82 Å². The number of carbonyl (C=O) groups excluding carboxylic acids is 2. The van der Waals surface area contributed by atoms with Crippen molar-refractivity contribution in [1.29, 1.82) is 0 Å². The summed E-state index contributed by atoms with van der Waals surface area (Å²) in [5, 5.41) is 2.57. The fourth-order valence-electron chi connectivity index (χ4n) is 2.37. The van der Waals surface area contributed by atoms with Crippen LogP contribution < -0.4 is 5.32 Å². The van der Waals surface area contributed by atoms with Crippen LogP contribution >= 0.6 is 0 Å². The Kier molecular flexibility index (Phi) is 4.75. The lowest BCUT2D eigenvalue weighted by Gasteiger charge is -2.38. The summed E-state index contributed by atoms with van der Waals surface area (Å²) < 4.78 is 5.55. The van der Waals surface area contributed by atoms with Crippen molar-refractivity contribution in [3.63, 3.8) is 0 Å². The Hall–Kier alpha value is -2.02. The van der Waals surface area contributed by atoms with E-state index in [0.717, 1.165) is 0 Å². The number of hydrogen-bond acceptors (Lipinski definition) is 5. The number of likely N-dealkylation sites (N-methyl/N-ethyl adjacent to an activating group) is 1. The first-order valence-corrected chi connectivity index (χ1v) is 7.35. The molecule has 1 fully saturated rings. The highest BCUT2D eigenvalue weighted by molar-refractivity contribution is 5.94. The molecule has 0 bridgehead atoms. The minimum atomic E-state index is -1.03. The third-order valence-electron chi connectivity index (χ3n) is 3.70. The molecule has 2 heterocycles. The summed E-state index contributed by atoms with van der Waals surface area (Å²) in [5.41, 5.74) is -0.605. The van der Waals surface area contributed by atoms with Crippen molar-refractivity contribution in [1.82, 2.24) is 20.2 Å². The lowest BCUT2D eigenvalue weighted by molar-refractivity contribution is -0.153. The molecular formula is C15H22N4O3. The van der Waals surface area contributed by atoms with Gasteiger partial charge in [-0.3, -0.25) is 9.59 Å². The zero-order valence-electron chi connectivity index (χ0n) is 13.4. The summed E-state index contributed by atoms with van der Waals surface area (Å²) in [5.74, 6) is 0.489. The molecule has 2 rings (SSSR count). The average Bonchev–Trinajstić information content (AvgIpc) is 2.53. The van der Waals surface area contributed by atoms with E-state index in [1.807, 2.05) is 13.8 Å². The predicted molar refractivity (Wildman–Crippen MR) is 80.4 cm³/mol. The highest BCUT2D eigenvalue weighted by Gasteiger charge is 2.40. The second-order valence-electron chi connectivity index (χ2n) is 5.87. The molecule has 0 aromatic carbocycles. The van der Waals surface area contributed by atoms with Gasteiger partial charge >= 0.3 is 0 Å². The quantitative estimate of drug-likeness (QED) is 0.883. The Labute approximate surface area is 130 Å². The summed E-state index contributed by atoms with van der Waals surface area (Å²) >= 11 is 0. The number of ether oxygens (including phenoxy) is 1. The van der Waals surface area contributed by atoms with Gasteiger partial charge in [-0.05, 0) is 6.92 Å². The standard InChI is InChI=1S/C15H22N4O3/c1-10(2)12-17-7-11(8-18-12)13(20)19-5-6-22-15(3,9-19)14(21)16-4/h7-8,10H,5-6,9H2,1-4H3,(H,16,21). The Morgan fingerprint density at radius 1 is 1.36 bits per heavy atom. The van der Waals surface area contributed by atoms with Crippen LogP contribution in [0.3, 0.4) is 0 Å². The van der Waals surface area contributed by atoms with Crippen molar-refractivity contribution in [2.45, 2.75) is 32.3 Å². The van der Waals surface area contributed by atoms with E-state index in [9.17, 15) is 9.59 Å². The van der Waals surface area contributed by atoms with Gasteiger partial charge in [-0.1, -0.05) is 13.8 Å². The molecule has 7 heteroatoms. The topological polar surface area (TPSA) is 84.4 Å². The van der Waals surface area contributed by atoms with Gasteiger partial charge in [0.15, 0.2) is 5.60 Å². The summed E-state index contributed by atoms with van der Waals surface area (Å²) in [4.78, 5) is 34.5. The van der Waals surface area contributed by atoms with E-state index < -0.39 is 5.60 Å². The molecule has 2 amide bonds. The molecule has 1 aliphatic rings. The van der Waals surface area contributed by atoms with Crippen LogP contribution in [-0.4, -0.2) is 59.0 Å². The van der Waals surface area contributed by atoms with Gasteiger partial charge in [0.05, 0.1) is 18.7 Å². The van der Waals surface area contributed by atoms with Gasteiger partial charge in [0.2, 0.25) is 0 Å². The predicted octanol–water partition coefficient (Wildman–Crippen LogP) is 0.577. The maximum atomic E-state index is 12.5. The minimum absolute atomic E-state index is 0.186. The van der Waals surface area contributed by atoms with Crippen LogP contribution in [0.4, 0.5) is 0 Å². The number of morpholine rings is 1. The number of amides is 2. The summed E-state index contributed by atoms with van der Waals surface area (Å²) in [6, 6.07) is 0. The van der Waals surface area contributed by atoms with Crippen LogP contribution in [0.1, 0.15) is 42.9 Å². The maximum Gasteiger partial charge on any atom is 0.257 e. The van der Waals surface area contributed by atoms with E-state index in [0.29, 0.717) is 24.5 Å². The number of nitrogens with one attached hydrogen (secondary N) is 1. The van der Waals surface area contributed by atoms with Crippen molar-refractivity contribution in [2.24, 2.45) is 0 Å². The molecule has 1 unspecified atom stereocenters. The SMILES string of the molecule is CNC(=O)C1(C)CN(C(=O)c2cnc(C(C)C)nc2)CCO1. The first-order chi connectivity index (χ1) is 10.4. The average molecular weight is 306 g/mol. The monoisotopic (exact) mass is 306 g/mol. The zero-order chi connectivity index (χ0) is 16.3. The van der Waals surface area contributed by atoms with Gasteiger partial charge < -0.3 is 15.0 Å². The van der Waals surface area contributed by atoms with Crippen LogP contribution in [-0.2, 0) is 9.53 Å². The Morgan fingerprint density at radius 2 is 2.00 bits per heavy atom. The molecule has 1 aromatic heterocycles. The zero-order valence-corrected chi connectivity index (χ0v) is 13.4. The molecule has 22 heavy (non-hydrogen) atoms. The number of nitrogens with zero attached hydrogens (tertiary/aromatic N) is 3. The molecule has 0 aliphatic carbocycles. The molecular weight excluding hydrogens is 284 g/mol. The maximum absolute atomic E-state index is 12.5. The van der Waals surface area contributed by atoms with Crippen LogP contribution in [0, 0.1) is 0 Å². The molecule has 1 atom stereocenters. The lowest BCUT2D eigenvalue weighted by atomic mass is 10.0. The molecule has 120 valence electrons. The third kappa shape index (κ3) is 3.24. The van der Waals surface area contributed by atoms with E-state index in [4.69, 9.17) is 4.74 Å². The van der Waals surface area contributed by atoms with E-state index in [-0.39, 0.29) is 24.3 Å². The minimum Gasteiger partial charge on any atom is -0.362 e. The Bertz CT molecular complexity index is 558. The Balaban J connectivity index is 2.13. The van der Waals surface area contributed by atoms with Gasteiger partial charge in [0, 0.05) is 31.9 Å². The van der Waals surface area contributed by atoms with Crippen LogP contribution in [0.15, 0.2) is 12.4 Å². The van der Waals surface area contributed by atoms with Gasteiger partial charge in [-0.15, -0.1) is 0 Å². The first-order valence-electron chi connectivity index (χ1n) is 7.35. The Morgan fingerprint density at radius 3 is 2.55 bits per heavy atom. The molecule has 0 radical (unpaired) electrons. The van der Waals surface area contributed by atoms with E-state index in [2.05, 4.69) is 15.3 Å². The van der Waals surface area contributed by atoms with Crippen molar-refractivity contribution in [3.8, 4) is 0 Å². The van der Waals surface area contributed by atoms with Gasteiger partial charge in [0.25, 0.3) is 11.8 Å².